The van der Waals surface area contributed by atoms with E-state index in [1.165, 1.54) is 0 Å². The van der Waals surface area contributed by atoms with Crippen molar-refractivity contribution in [2.45, 2.75) is 0 Å². The van der Waals surface area contributed by atoms with Crippen LogP contribution in [-0.2, 0) is 24.2 Å². The molecule has 4 nitrogen and oxygen atoms in total. The van der Waals surface area contributed by atoms with Gasteiger partial charge in [0.05, 0.1) is 0 Å². The molecular weight excluding hydrogens is 325 g/mol. The zero-order valence-electron chi connectivity index (χ0n) is 2.46. The minimum absolute atomic E-state index is 0. The standard InChI is InChI=1S/AsH3O4.Re/c2-1(3,4)5;/h(H3,2,3,4,5);/q;+3/p-3. The first kappa shape index (κ1) is 10.0. The van der Waals surface area contributed by atoms with Gasteiger partial charge in [-0.3, -0.25) is 0 Å². The molecular formula is AsO4Re. The van der Waals surface area contributed by atoms with Crippen LogP contribution < -0.4 is 12.3 Å². The van der Waals surface area contributed by atoms with Gasteiger partial charge in [0, 0.05) is 0 Å². The van der Waals surface area contributed by atoms with Gasteiger partial charge in [0.15, 0.2) is 0 Å². The summed E-state index contributed by atoms with van der Waals surface area (Å²) in [5, 5.41) is 0. The van der Waals surface area contributed by atoms with Gasteiger partial charge in [0.2, 0.25) is 0 Å². The molecule has 0 heterocycles. The van der Waals surface area contributed by atoms with Gasteiger partial charge in [-0.25, -0.2) is 0 Å². The van der Waals surface area contributed by atoms with Crippen LogP contribution in [-0.4, -0.2) is 14.5 Å². The van der Waals surface area contributed by atoms with Gasteiger partial charge < -0.3 is 0 Å². The van der Waals surface area contributed by atoms with Crippen LogP contribution in [0.3, 0.4) is 0 Å². The molecule has 0 spiro atoms. The molecule has 6 heavy (non-hydrogen) atoms. The molecule has 0 fully saturated rings. The average molecular weight is 325 g/mol. The summed E-state index contributed by atoms with van der Waals surface area (Å²) in [7, 11) is 0. The van der Waals surface area contributed by atoms with E-state index < -0.39 is 14.5 Å². The molecule has 0 aromatic rings. The van der Waals surface area contributed by atoms with E-state index in [1.54, 1.807) is 0 Å². The summed E-state index contributed by atoms with van der Waals surface area (Å²) in [6.45, 7) is 0. The van der Waals surface area contributed by atoms with Crippen molar-refractivity contribution in [2.24, 2.45) is 0 Å². The molecule has 0 aliphatic heterocycles. The fourth-order valence-corrected chi connectivity index (χ4v) is 0. The Morgan fingerprint density at radius 1 is 1.17 bits per heavy atom. The molecule has 0 amide bonds. The Balaban J connectivity index is 0. The first-order valence-corrected chi connectivity index (χ1v) is 3.79. The molecule has 0 atom stereocenters. The van der Waals surface area contributed by atoms with E-state index in [2.05, 4.69) is 0 Å². The topological polar surface area (TPSA) is 86.2 Å². The molecule has 0 radical (unpaired) electrons. The van der Waals surface area contributed by atoms with Crippen molar-refractivity contribution in [2.75, 3.05) is 0 Å². The Hall–Kier alpha value is 0.901. The Bertz CT molecular complexity index is 53.7. The van der Waals surface area contributed by atoms with Crippen LogP contribution in [0.4, 0.5) is 0 Å². The molecule has 0 aliphatic rings. The van der Waals surface area contributed by atoms with Crippen molar-refractivity contribution in [3.63, 3.8) is 0 Å². The van der Waals surface area contributed by atoms with E-state index in [1.807, 2.05) is 0 Å². The maximum atomic E-state index is 8.61. The van der Waals surface area contributed by atoms with Crippen LogP contribution in [0.2, 0.25) is 0 Å². The Labute approximate surface area is 51.2 Å². The van der Waals surface area contributed by atoms with Crippen LogP contribution in [0.1, 0.15) is 0 Å². The maximum absolute atomic E-state index is 8.61. The molecule has 6 heteroatoms. The van der Waals surface area contributed by atoms with Gasteiger partial charge in [0.25, 0.3) is 0 Å². The van der Waals surface area contributed by atoms with Crippen LogP contribution in [0.15, 0.2) is 0 Å². The minimum Gasteiger partial charge on any atom is 3.00 e. The number of hydrogen-bond acceptors (Lipinski definition) is 4. The van der Waals surface area contributed by atoms with Gasteiger partial charge in [-0.1, -0.05) is 0 Å². The summed E-state index contributed by atoms with van der Waals surface area (Å²) in [5.74, 6) is 0. The predicted molar refractivity (Wildman–Crippen MR) is 6.44 cm³/mol. The fourth-order valence-electron chi connectivity index (χ4n) is 0. The van der Waals surface area contributed by atoms with Gasteiger partial charge in [0.1, 0.15) is 0 Å². The van der Waals surface area contributed by atoms with Gasteiger partial charge in [-0.2, -0.15) is 0 Å². The number of rotatable bonds is 0. The molecule has 0 unspecified atom stereocenters. The van der Waals surface area contributed by atoms with Crippen molar-refractivity contribution in [1.82, 2.24) is 0 Å². The smallest absolute Gasteiger partial charge is 3.00 e. The van der Waals surface area contributed by atoms with Crippen molar-refractivity contribution < 1.29 is 36.4 Å². The monoisotopic (exact) mass is 326 g/mol. The second-order valence-electron chi connectivity index (χ2n) is 0.447. The van der Waals surface area contributed by atoms with Crippen molar-refractivity contribution >= 4 is 14.5 Å². The Morgan fingerprint density at radius 2 is 1.17 bits per heavy atom. The van der Waals surface area contributed by atoms with Crippen LogP contribution in [0.25, 0.3) is 0 Å². The van der Waals surface area contributed by atoms with E-state index in [4.69, 9.17) is 16.0 Å². The summed E-state index contributed by atoms with van der Waals surface area (Å²) in [6.07, 6.45) is 0. The second-order valence-corrected chi connectivity index (χ2v) is 2.32. The summed E-state index contributed by atoms with van der Waals surface area (Å²) in [6, 6.07) is 0. The second kappa shape index (κ2) is 2.98. The third-order valence-corrected chi connectivity index (χ3v) is 0. The Morgan fingerprint density at radius 3 is 1.17 bits per heavy atom. The molecule has 0 aromatic heterocycles. The molecule has 0 aliphatic carbocycles. The van der Waals surface area contributed by atoms with Crippen molar-refractivity contribution in [1.29, 1.82) is 0 Å². The SMILES string of the molecule is O=[As]([O-])([O-])[O-].[Re+3]. The van der Waals surface area contributed by atoms with E-state index in [0.29, 0.717) is 0 Å². The third-order valence-electron chi connectivity index (χ3n) is 0. The molecule has 0 bridgehead atoms. The average Bonchev–Trinajstić information content (AvgIpc) is 0.722. The van der Waals surface area contributed by atoms with Crippen LogP contribution >= 0.6 is 0 Å². The van der Waals surface area contributed by atoms with Gasteiger partial charge in [-0.15, -0.1) is 0 Å². The Kier molecular flexibility index (Phi) is 4.96. The molecule has 0 saturated heterocycles. The summed E-state index contributed by atoms with van der Waals surface area (Å²) >= 11 is -5.88. The first-order valence-electron chi connectivity index (χ1n) is 0.730. The predicted octanol–water partition coefficient (Wildman–Crippen LogP) is -4.07. The minimum atomic E-state index is -5.88. The summed E-state index contributed by atoms with van der Waals surface area (Å²) < 4.78 is 34.4. The van der Waals surface area contributed by atoms with E-state index in [9.17, 15) is 0 Å². The summed E-state index contributed by atoms with van der Waals surface area (Å²) in [5.41, 5.74) is 0. The van der Waals surface area contributed by atoms with Crippen molar-refractivity contribution in [3.8, 4) is 0 Å². The quantitative estimate of drug-likeness (QED) is 0.424. The van der Waals surface area contributed by atoms with Gasteiger partial charge in [-0.05, 0) is 0 Å². The maximum Gasteiger partial charge on any atom is 3.00 e. The molecule has 0 N–H and O–H groups in total. The molecule has 0 rings (SSSR count). The number of hydrogen-bond donors (Lipinski definition) is 0. The van der Waals surface area contributed by atoms with E-state index >= 15 is 0 Å². The van der Waals surface area contributed by atoms with Crippen molar-refractivity contribution in [3.05, 3.63) is 0 Å². The zero-order valence-corrected chi connectivity index (χ0v) is 7.05. The largest absolute Gasteiger partial charge is 3.00 e. The third kappa shape index (κ3) is 91.9. The van der Waals surface area contributed by atoms with Crippen LogP contribution in [0, 0.1) is 0 Å². The van der Waals surface area contributed by atoms with E-state index in [-0.39, 0.29) is 20.4 Å². The van der Waals surface area contributed by atoms with Crippen LogP contribution in [0.5, 0.6) is 0 Å². The first-order chi connectivity index (χ1) is 2.00. The fraction of sp³-hybridized carbons (Fsp3) is 0. The molecule has 0 aromatic carbocycles. The summed E-state index contributed by atoms with van der Waals surface area (Å²) in [4.78, 5) is 0. The van der Waals surface area contributed by atoms with Gasteiger partial charge >= 0.3 is 51.0 Å². The van der Waals surface area contributed by atoms with E-state index in [0.717, 1.165) is 0 Å². The zero-order chi connectivity index (χ0) is 4.50. The normalized spacial score (nSPS) is 9.83. The molecule has 36 valence electrons. The molecule has 0 saturated carbocycles.